The van der Waals surface area contributed by atoms with Gasteiger partial charge in [0.2, 0.25) is 12.2 Å². The summed E-state index contributed by atoms with van der Waals surface area (Å²) in [6.45, 7) is 0.129. The predicted molar refractivity (Wildman–Crippen MR) is 88.3 cm³/mol. The number of hydrogen-bond donors (Lipinski definition) is 1. The van der Waals surface area contributed by atoms with Crippen LogP contribution >= 0.6 is 15.9 Å². The third kappa shape index (κ3) is 2.31. The molecule has 0 atom stereocenters. The molecule has 0 radical (unpaired) electrons. The second-order valence-electron chi connectivity index (χ2n) is 5.12. The highest BCUT2D eigenvalue weighted by Gasteiger charge is 2.19. The van der Waals surface area contributed by atoms with Gasteiger partial charge < -0.3 is 14.5 Å². The average Bonchev–Trinajstić information content (AvgIpc) is 3.00. The topological polar surface area (TPSA) is 68.4 Å². The zero-order chi connectivity index (χ0) is 16.0. The Hall–Kier alpha value is -2.60. The highest BCUT2D eigenvalue weighted by atomic mass is 79.9. The van der Waals surface area contributed by atoms with Crippen molar-refractivity contribution in [3.05, 3.63) is 68.4 Å². The molecule has 0 unspecified atom stereocenters. The molecule has 1 aliphatic rings. The van der Waals surface area contributed by atoms with Gasteiger partial charge in [0.1, 0.15) is 0 Å². The van der Waals surface area contributed by atoms with Crippen LogP contribution in [0, 0.1) is 0 Å². The van der Waals surface area contributed by atoms with E-state index in [4.69, 9.17) is 9.47 Å². The number of pyridine rings is 1. The van der Waals surface area contributed by atoms with Crippen molar-refractivity contribution in [3.8, 4) is 11.5 Å². The Balaban J connectivity index is 1.88. The summed E-state index contributed by atoms with van der Waals surface area (Å²) < 4.78 is 11.4. The Kier molecular flexibility index (Phi) is 3.20. The van der Waals surface area contributed by atoms with Crippen LogP contribution in [0.4, 0.5) is 0 Å². The van der Waals surface area contributed by atoms with Crippen molar-refractivity contribution in [2.24, 2.45) is 0 Å². The number of benzene rings is 2. The number of halogens is 1. The predicted octanol–water partition coefficient (Wildman–Crippen LogP) is 3.25. The van der Waals surface area contributed by atoms with Crippen molar-refractivity contribution in [1.82, 2.24) is 4.98 Å². The van der Waals surface area contributed by atoms with Crippen molar-refractivity contribution >= 4 is 32.6 Å². The van der Waals surface area contributed by atoms with Crippen LogP contribution in [0.15, 0.2) is 51.9 Å². The summed E-state index contributed by atoms with van der Waals surface area (Å²) in [6, 6.07) is 10.2. The van der Waals surface area contributed by atoms with Crippen molar-refractivity contribution in [2.45, 2.75) is 0 Å². The Morgan fingerprint density at radius 1 is 1.13 bits per heavy atom. The van der Waals surface area contributed by atoms with E-state index in [9.17, 15) is 9.59 Å². The number of hydrogen-bond acceptors (Lipinski definition) is 4. The summed E-state index contributed by atoms with van der Waals surface area (Å²) in [7, 11) is 0. The minimum absolute atomic E-state index is 0.0921. The second-order valence-corrected chi connectivity index (χ2v) is 6.04. The van der Waals surface area contributed by atoms with Crippen LogP contribution < -0.4 is 14.9 Å². The summed E-state index contributed by atoms with van der Waals surface area (Å²) in [5.41, 5.74) is 0.812. The number of aromatic nitrogens is 1. The molecule has 3 aromatic rings. The van der Waals surface area contributed by atoms with Crippen molar-refractivity contribution < 1.29 is 14.3 Å². The normalized spacial score (nSPS) is 12.6. The number of carbonyl (C=O) groups is 1. The molecule has 114 valence electrons. The third-order valence-electron chi connectivity index (χ3n) is 3.71. The lowest BCUT2D eigenvalue weighted by molar-refractivity contribution is 0.103. The molecule has 2 aromatic carbocycles. The molecule has 23 heavy (non-hydrogen) atoms. The van der Waals surface area contributed by atoms with Gasteiger partial charge in [-0.1, -0.05) is 28.1 Å². The standard InChI is InChI=1S/C17H10BrNO4/c18-10-3-1-2-9(4-10)16(20)12-7-19-13-6-15-14(22-8-23-15)5-11(13)17(12)21/h1-7H,8H2,(H,19,21). The van der Waals surface area contributed by atoms with E-state index in [0.717, 1.165) is 4.47 Å². The number of ketones is 1. The van der Waals surface area contributed by atoms with Crippen LogP contribution in [0.5, 0.6) is 11.5 Å². The fourth-order valence-corrected chi connectivity index (χ4v) is 2.96. The van der Waals surface area contributed by atoms with Crippen LogP contribution in [-0.2, 0) is 0 Å². The number of H-pyrrole nitrogens is 1. The summed E-state index contributed by atoms with van der Waals surface area (Å²) in [5, 5.41) is 0.398. The van der Waals surface area contributed by atoms with Gasteiger partial charge in [-0.3, -0.25) is 9.59 Å². The molecule has 4 rings (SSSR count). The molecule has 5 nitrogen and oxygen atoms in total. The highest BCUT2D eigenvalue weighted by Crippen LogP contribution is 2.34. The molecule has 0 spiro atoms. The van der Waals surface area contributed by atoms with E-state index in [1.807, 2.05) is 6.07 Å². The number of aromatic amines is 1. The van der Waals surface area contributed by atoms with Gasteiger partial charge in [-0.05, 0) is 18.2 Å². The Morgan fingerprint density at radius 2 is 1.91 bits per heavy atom. The van der Waals surface area contributed by atoms with E-state index in [1.54, 1.807) is 30.3 Å². The van der Waals surface area contributed by atoms with Gasteiger partial charge in [0, 0.05) is 22.3 Å². The lowest BCUT2D eigenvalue weighted by Crippen LogP contribution is -2.16. The molecule has 1 aliphatic heterocycles. The third-order valence-corrected chi connectivity index (χ3v) is 4.20. The van der Waals surface area contributed by atoms with Gasteiger partial charge in [0.15, 0.2) is 17.3 Å². The van der Waals surface area contributed by atoms with Gasteiger partial charge in [0.25, 0.3) is 0 Å². The summed E-state index contributed by atoms with van der Waals surface area (Å²) in [4.78, 5) is 28.3. The molecule has 6 heteroatoms. The molecular weight excluding hydrogens is 362 g/mol. The number of carbonyl (C=O) groups excluding carboxylic acids is 1. The van der Waals surface area contributed by atoms with Crippen LogP contribution in [0.1, 0.15) is 15.9 Å². The fourth-order valence-electron chi connectivity index (χ4n) is 2.56. The van der Waals surface area contributed by atoms with E-state index >= 15 is 0 Å². The van der Waals surface area contributed by atoms with Crippen LogP contribution in [0.3, 0.4) is 0 Å². The fraction of sp³-hybridized carbons (Fsp3) is 0.0588. The van der Waals surface area contributed by atoms with Gasteiger partial charge in [-0.15, -0.1) is 0 Å². The largest absolute Gasteiger partial charge is 0.454 e. The highest BCUT2D eigenvalue weighted by molar-refractivity contribution is 9.10. The Morgan fingerprint density at radius 3 is 2.70 bits per heavy atom. The van der Waals surface area contributed by atoms with Gasteiger partial charge >= 0.3 is 0 Å². The maximum absolute atomic E-state index is 12.7. The van der Waals surface area contributed by atoms with Crippen molar-refractivity contribution in [3.63, 3.8) is 0 Å². The van der Waals surface area contributed by atoms with E-state index in [-0.39, 0.29) is 23.6 Å². The molecule has 2 heterocycles. The maximum atomic E-state index is 12.7. The SMILES string of the molecule is O=C(c1cccc(Br)c1)c1c[nH]c2cc3c(cc2c1=O)OCO3. The quantitative estimate of drug-likeness (QED) is 0.702. The van der Waals surface area contributed by atoms with E-state index in [2.05, 4.69) is 20.9 Å². The smallest absolute Gasteiger partial charge is 0.231 e. The lowest BCUT2D eigenvalue weighted by atomic mass is 10.0. The van der Waals surface area contributed by atoms with Crippen LogP contribution in [0.2, 0.25) is 0 Å². The van der Waals surface area contributed by atoms with Crippen molar-refractivity contribution in [1.29, 1.82) is 0 Å². The van der Waals surface area contributed by atoms with E-state index < -0.39 is 0 Å². The Bertz CT molecular complexity index is 1010. The van der Waals surface area contributed by atoms with Gasteiger partial charge in [-0.2, -0.15) is 0 Å². The Labute approximate surface area is 139 Å². The van der Waals surface area contributed by atoms with Crippen LogP contribution in [-0.4, -0.2) is 17.6 Å². The molecule has 0 saturated heterocycles. The van der Waals surface area contributed by atoms with Gasteiger partial charge in [-0.25, -0.2) is 0 Å². The number of nitrogens with one attached hydrogen (secondary N) is 1. The molecule has 1 aromatic heterocycles. The average molecular weight is 372 g/mol. The van der Waals surface area contributed by atoms with Crippen LogP contribution in [0.25, 0.3) is 10.9 Å². The first-order valence-corrected chi connectivity index (χ1v) is 7.68. The van der Waals surface area contributed by atoms with E-state index in [1.165, 1.54) is 6.20 Å². The zero-order valence-electron chi connectivity index (χ0n) is 11.8. The van der Waals surface area contributed by atoms with E-state index in [0.29, 0.717) is 28.0 Å². The summed E-state index contributed by atoms with van der Waals surface area (Å²) >= 11 is 3.33. The molecular formula is C17H10BrNO4. The first-order valence-electron chi connectivity index (χ1n) is 6.89. The first-order chi connectivity index (χ1) is 11.1. The number of fused-ring (bicyclic) bond motifs is 2. The second kappa shape index (κ2) is 5.24. The lowest BCUT2D eigenvalue weighted by Gasteiger charge is -2.05. The number of rotatable bonds is 2. The van der Waals surface area contributed by atoms with Gasteiger partial charge in [0.05, 0.1) is 16.5 Å². The summed E-state index contributed by atoms with van der Waals surface area (Å²) in [5.74, 6) is 0.765. The maximum Gasteiger partial charge on any atom is 0.231 e. The molecule has 1 N–H and O–H groups in total. The monoisotopic (exact) mass is 371 g/mol. The van der Waals surface area contributed by atoms with Crippen molar-refractivity contribution in [2.75, 3.05) is 6.79 Å². The molecule has 0 aliphatic carbocycles. The molecule has 0 amide bonds. The molecule has 0 fully saturated rings. The minimum atomic E-state index is -0.331. The molecule has 0 saturated carbocycles. The zero-order valence-corrected chi connectivity index (χ0v) is 13.3. The number of ether oxygens (including phenoxy) is 2. The summed E-state index contributed by atoms with van der Waals surface area (Å²) in [6.07, 6.45) is 1.44. The molecule has 0 bridgehead atoms. The minimum Gasteiger partial charge on any atom is -0.454 e. The first kappa shape index (κ1) is 14.0.